The number of hydrogen-bond donors (Lipinski definition) is 0. The molecule has 2 aromatic rings. The predicted molar refractivity (Wildman–Crippen MR) is 89.8 cm³/mol. The molecular weight excluding hydrogens is 290 g/mol. The van der Waals surface area contributed by atoms with E-state index in [4.69, 9.17) is 4.74 Å². The van der Waals surface area contributed by atoms with Gasteiger partial charge in [0.25, 0.3) is 5.56 Å². The molecule has 120 valence electrons. The third kappa shape index (κ3) is 3.59. The maximum Gasteiger partial charge on any atom is 0.261 e. The summed E-state index contributed by atoms with van der Waals surface area (Å²) in [5.74, 6) is 0.425. The molecular formula is C19H21NO3. The van der Waals surface area contributed by atoms with Gasteiger partial charge in [0.1, 0.15) is 0 Å². The first-order valence-corrected chi connectivity index (χ1v) is 8.02. The van der Waals surface area contributed by atoms with Gasteiger partial charge in [0, 0.05) is 26.0 Å². The normalized spacial score (nSPS) is 15.5. The summed E-state index contributed by atoms with van der Waals surface area (Å²) >= 11 is 0. The van der Waals surface area contributed by atoms with E-state index in [1.165, 1.54) is 5.56 Å². The fourth-order valence-electron chi connectivity index (χ4n) is 2.99. The van der Waals surface area contributed by atoms with Gasteiger partial charge in [0.05, 0.1) is 5.56 Å². The van der Waals surface area contributed by atoms with Crippen LogP contribution in [0.15, 0.2) is 41.3 Å². The van der Waals surface area contributed by atoms with Crippen LogP contribution in [0.25, 0.3) is 11.1 Å². The van der Waals surface area contributed by atoms with E-state index in [1.807, 2.05) is 37.4 Å². The maximum absolute atomic E-state index is 12.4. The molecule has 1 aromatic carbocycles. The van der Waals surface area contributed by atoms with Crippen LogP contribution < -0.4 is 5.56 Å². The molecule has 1 aliphatic rings. The Morgan fingerprint density at radius 2 is 1.87 bits per heavy atom. The minimum Gasteiger partial charge on any atom is -0.381 e. The lowest BCUT2D eigenvalue weighted by molar-refractivity contribution is 0.0609. The topological polar surface area (TPSA) is 48.3 Å². The molecule has 0 unspecified atom stereocenters. The smallest absolute Gasteiger partial charge is 0.261 e. The van der Waals surface area contributed by atoms with Crippen LogP contribution in [0.4, 0.5) is 0 Å². The molecule has 0 N–H and O–H groups in total. The quantitative estimate of drug-likeness (QED) is 0.815. The molecule has 1 saturated heterocycles. The minimum atomic E-state index is -0.206. The molecule has 0 saturated carbocycles. The lowest BCUT2D eigenvalue weighted by atomic mass is 9.99. The average Bonchev–Trinajstić information content (AvgIpc) is 2.58. The zero-order valence-corrected chi connectivity index (χ0v) is 13.3. The van der Waals surface area contributed by atoms with Crippen molar-refractivity contribution >= 4 is 6.29 Å². The van der Waals surface area contributed by atoms with Gasteiger partial charge in [-0.3, -0.25) is 9.59 Å². The van der Waals surface area contributed by atoms with Crippen LogP contribution in [0, 0.1) is 12.8 Å². The second-order valence-corrected chi connectivity index (χ2v) is 6.18. The summed E-state index contributed by atoms with van der Waals surface area (Å²) in [6, 6.07) is 9.78. The summed E-state index contributed by atoms with van der Waals surface area (Å²) in [7, 11) is 0. The van der Waals surface area contributed by atoms with E-state index in [9.17, 15) is 9.59 Å². The number of aromatic nitrogens is 1. The Bertz CT molecular complexity index is 740. The molecule has 1 aromatic heterocycles. The molecule has 23 heavy (non-hydrogen) atoms. The van der Waals surface area contributed by atoms with Crippen LogP contribution in [-0.4, -0.2) is 24.1 Å². The lowest BCUT2D eigenvalue weighted by Crippen LogP contribution is -2.29. The summed E-state index contributed by atoms with van der Waals surface area (Å²) in [6.07, 6.45) is 4.44. The zero-order chi connectivity index (χ0) is 16.2. The van der Waals surface area contributed by atoms with Crippen molar-refractivity contribution in [2.24, 2.45) is 5.92 Å². The summed E-state index contributed by atoms with van der Waals surface area (Å²) in [5.41, 5.74) is 3.11. The largest absolute Gasteiger partial charge is 0.381 e. The Morgan fingerprint density at radius 3 is 2.52 bits per heavy atom. The van der Waals surface area contributed by atoms with Crippen molar-refractivity contribution in [2.45, 2.75) is 26.3 Å². The second-order valence-electron chi connectivity index (χ2n) is 6.18. The van der Waals surface area contributed by atoms with Gasteiger partial charge < -0.3 is 9.30 Å². The van der Waals surface area contributed by atoms with Gasteiger partial charge in [-0.1, -0.05) is 29.8 Å². The van der Waals surface area contributed by atoms with Gasteiger partial charge in [0.15, 0.2) is 6.29 Å². The van der Waals surface area contributed by atoms with Crippen molar-refractivity contribution in [2.75, 3.05) is 13.2 Å². The molecule has 3 rings (SSSR count). The van der Waals surface area contributed by atoms with Crippen LogP contribution >= 0.6 is 0 Å². The molecule has 0 amide bonds. The molecule has 4 heteroatoms. The first-order chi connectivity index (χ1) is 11.2. The van der Waals surface area contributed by atoms with E-state index in [-0.39, 0.29) is 11.1 Å². The number of carbonyl (C=O) groups excluding carboxylic acids is 1. The van der Waals surface area contributed by atoms with Crippen LogP contribution in [0.1, 0.15) is 28.8 Å². The monoisotopic (exact) mass is 311 g/mol. The molecule has 0 radical (unpaired) electrons. The van der Waals surface area contributed by atoms with Gasteiger partial charge in [-0.2, -0.15) is 0 Å². The van der Waals surface area contributed by atoms with Crippen LogP contribution in [0.2, 0.25) is 0 Å². The Labute approximate surface area is 135 Å². The van der Waals surface area contributed by atoms with E-state index >= 15 is 0 Å². The number of hydrogen-bond acceptors (Lipinski definition) is 3. The number of rotatable bonds is 4. The maximum atomic E-state index is 12.4. The van der Waals surface area contributed by atoms with E-state index in [2.05, 4.69) is 0 Å². The fourth-order valence-corrected chi connectivity index (χ4v) is 2.99. The molecule has 2 heterocycles. The minimum absolute atomic E-state index is 0.206. The second kappa shape index (κ2) is 6.92. The first kappa shape index (κ1) is 15.7. The Morgan fingerprint density at radius 1 is 1.17 bits per heavy atom. The van der Waals surface area contributed by atoms with Crippen molar-refractivity contribution in [3.05, 3.63) is 58.0 Å². The summed E-state index contributed by atoms with van der Waals surface area (Å²) in [6.45, 7) is 4.17. The van der Waals surface area contributed by atoms with Crippen molar-refractivity contribution in [1.82, 2.24) is 4.57 Å². The summed E-state index contributed by atoms with van der Waals surface area (Å²) in [5, 5.41) is 0. The molecule has 1 aliphatic heterocycles. The molecule has 0 bridgehead atoms. The predicted octanol–water partition coefficient (Wildman–Crippen LogP) is 3.06. The number of benzene rings is 1. The van der Waals surface area contributed by atoms with Gasteiger partial charge in [-0.25, -0.2) is 0 Å². The van der Waals surface area contributed by atoms with Crippen molar-refractivity contribution in [1.29, 1.82) is 0 Å². The Kier molecular flexibility index (Phi) is 4.72. The highest BCUT2D eigenvalue weighted by Crippen LogP contribution is 2.21. The van der Waals surface area contributed by atoms with E-state index in [0.29, 0.717) is 18.7 Å². The van der Waals surface area contributed by atoms with E-state index in [0.717, 1.165) is 37.2 Å². The molecule has 0 atom stereocenters. The van der Waals surface area contributed by atoms with Gasteiger partial charge >= 0.3 is 0 Å². The van der Waals surface area contributed by atoms with Crippen LogP contribution in [0.5, 0.6) is 0 Å². The molecule has 4 nitrogen and oxygen atoms in total. The van der Waals surface area contributed by atoms with Crippen molar-refractivity contribution in [3.63, 3.8) is 0 Å². The molecule has 0 spiro atoms. The van der Waals surface area contributed by atoms with E-state index < -0.39 is 0 Å². The van der Waals surface area contributed by atoms with Gasteiger partial charge in [-0.05, 0) is 42.9 Å². The van der Waals surface area contributed by atoms with Crippen LogP contribution in [0.3, 0.4) is 0 Å². The number of carbonyl (C=O) groups is 1. The number of aldehydes is 1. The zero-order valence-electron chi connectivity index (χ0n) is 13.3. The van der Waals surface area contributed by atoms with Crippen LogP contribution in [-0.2, 0) is 11.3 Å². The number of pyridine rings is 1. The Hall–Kier alpha value is -2.20. The average molecular weight is 311 g/mol. The van der Waals surface area contributed by atoms with Crippen molar-refractivity contribution < 1.29 is 9.53 Å². The molecule has 0 aliphatic carbocycles. The standard InChI is InChI=1S/C19H21NO3/c1-14-2-4-16(5-3-14)17-10-18(13-21)19(22)20(12-17)11-15-6-8-23-9-7-15/h2-5,10,12-13,15H,6-9,11H2,1H3. The highest BCUT2D eigenvalue weighted by molar-refractivity contribution is 5.78. The third-order valence-electron chi connectivity index (χ3n) is 4.42. The van der Waals surface area contributed by atoms with Gasteiger partial charge in [-0.15, -0.1) is 0 Å². The Balaban J connectivity index is 1.97. The highest BCUT2D eigenvalue weighted by Gasteiger charge is 2.16. The third-order valence-corrected chi connectivity index (χ3v) is 4.42. The molecule has 1 fully saturated rings. The number of nitrogens with zero attached hydrogens (tertiary/aromatic N) is 1. The van der Waals surface area contributed by atoms with Crippen molar-refractivity contribution in [3.8, 4) is 11.1 Å². The highest BCUT2D eigenvalue weighted by atomic mass is 16.5. The lowest BCUT2D eigenvalue weighted by Gasteiger charge is -2.23. The fraction of sp³-hybridized carbons (Fsp3) is 0.368. The van der Waals surface area contributed by atoms with Gasteiger partial charge in [0.2, 0.25) is 0 Å². The number of aryl methyl sites for hydroxylation is 1. The SMILES string of the molecule is Cc1ccc(-c2cc(C=O)c(=O)n(CC3CCOCC3)c2)cc1. The number of ether oxygens (including phenoxy) is 1. The summed E-state index contributed by atoms with van der Waals surface area (Å²) in [4.78, 5) is 23.7. The van der Waals surface area contributed by atoms with E-state index in [1.54, 1.807) is 10.6 Å². The first-order valence-electron chi connectivity index (χ1n) is 8.02. The summed E-state index contributed by atoms with van der Waals surface area (Å²) < 4.78 is 7.06.